The first-order valence-electron chi connectivity index (χ1n) is 5.64. The van der Waals surface area contributed by atoms with Gasteiger partial charge in [0.2, 0.25) is 0 Å². The van der Waals surface area contributed by atoms with Crippen molar-refractivity contribution in [1.82, 2.24) is 9.97 Å². The van der Waals surface area contributed by atoms with Gasteiger partial charge in [-0.05, 0) is 19.8 Å². The minimum atomic E-state index is 0.236. The third-order valence-corrected chi connectivity index (χ3v) is 3.26. The molecule has 16 heavy (non-hydrogen) atoms. The van der Waals surface area contributed by atoms with Crippen LogP contribution in [0.5, 0.6) is 0 Å². The normalized spacial score (nSPS) is 10.4. The molecule has 1 aromatic heterocycles. The van der Waals surface area contributed by atoms with Gasteiger partial charge in [0.15, 0.2) is 0 Å². The summed E-state index contributed by atoms with van der Waals surface area (Å²) in [7, 11) is 0. The maximum absolute atomic E-state index is 8.75. The molecule has 0 amide bonds. The molecule has 4 nitrogen and oxygen atoms in total. The summed E-state index contributed by atoms with van der Waals surface area (Å²) in [6, 6.07) is 0. The molecule has 0 aliphatic heterocycles. The van der Waals surface area contributed by atoms with E-state index in [1.165, 1.54) is 5.56 Å². The van der Waals surface area contributed by atoms with E-state index in [-0.39, 0.29) is 6.61 Å². The Kier molecular flexibility index (Phi) is 6.18. The molecule has 0 aliphatic rings. The molecule has 0 saturated heterocycles. The summed E-state index contributed by atoms with van der Waals surface area (Å²) in [5.74, 6) is 1.83. The lowest BCUT2D eigenvalue weighted by Crippen LogP contribution is -2.05. The van der Waals surface area contributed by atoms with Crippen LogP contribution in [0.2, 0.25) is 0 Å². The first-order valence-corrected chi connectivity index (χ1v) is 6.63. The van der Waals surface area contributed by atoms with Gasteiger partial charge in [0.1, 0.15) is 17.2 Å². The zero-order chi connectivity index (χ0) is 11.8. The van der Waals surface area contributed by atoms with Crippen LogP contribution in [0.1, 0.15) is 25.8 Å². The Balaban J connectivity index is 2.77. The Morgan fingerprint density at radius 3 is 2.81 bits per heavy atom. The number of aromatic nitrogens is 2. The van der Waals surface area contributed by atoms with Gasteiger partial charge >= 0.3 is 0 Å². The molecule has 0 aromatic carbocycles. The summed E-state index contributed by atoms with van der Waals surface area (Å²) in [5.41, 5.74) is 1.17. The molecule has 1 rings (SSSR count). The first-order chi connectivity index (χ1) is 7.83. The lowest BCUT2D eigenvalue weighted by molar-refractivity contribution is 0.296. The van der Waals surface area contributed by atoms with Gasteiger partial charge < -0.3 is 10.4 Å². The average Bonchev–Trinajstić information content (AvgIpc) is 2.30. The third-order valence-electron chi connectivity index (χ3n) is 2.14. The van der Waals surface area contributed by atoms with Crippen molar-refractivity contribution in [2.45, 2.75) is 31.7 Å². The molecule has 0 unspecified atom stereocenters. The second kappa shape index (κ2) is 7.46. The van der Waals surface area contributed by atoms with E-state index in [1.807, 2.05) is 0 Å². The summed E-state index contributed by atoms with van der Waals surface area (Å²) in [6.07, 6.45) is 3.32. The molecule has 0 bridgehead atoms. The summed E-state index contributed by atoms with van der Waals surface area (Å²) in [5, 5.41) is 13.0. The van der Waals surface area contributed by atoms with E-state index in [4.69, 9.17) is 5.11 Å². The SMILES string of the molecule is CCNc1ncnc(SCCCO)c1CC. The van der Waals surface area contributed by atoms with Crippen LogP contribution in [-0.4, -0.2) is 34.0 Å². The Morgan fingerprint density at radius 2 is 2.19 bits per heavy atom. The van der Waals surface area contributed by atoms with Gasteiger partial charge in [-0.25, -0.2) is 9.97 Å². The number of nitrogens with zero attached hydrogens (tertiary/aromatic N) is 2. The molecule has 0 aliphatic carbocycles. The largest absolute Gasteiger partial charge is 0.396 e. The second-order valence-electron chi connectivity index (χ2n) is 3.32. The fraction of sp³-hybridized carbons (Fsp3) is 0.636. The topological polar surface area (TPSA) is 58.0 Å². The highest BCUT2D eigenvalue weighted by Gasteiger charge is 2.09. The minimum Gasteiger partial charge on any atom is -0.396 e. The number of anilines is 1. The molecule has 0 radical (unpaired) electrons. The second-order valence-corrected chi connectivity index (χ2v) is 4.40. The zero-order valence-corrected chi connectivity index (χ0v) is 10.7. The number of hydrogen-bond donors (Lipinski definition) is 2. The average molecular weight is 241 g/mol. The molecule has 1 heterocycles. The lowest BCUT2D eigenvalue weighted by atomic mass is 10.2. The van der Waals surface area contributed by atoms with E-state index in [9.17, 15) is 0 Å². The summed E-state index contributed by atoms with van der Waals surface area (Å²) >= 11 is 1.69. The lowest BCUT2D eigenvalue weighted by Gasteiger charge is -2.11. The van der Waals surface area contributed by atoms with Gasteiger partial charge in [0, 0.05) is 24.5 Å². The van der Waals surface area contributed by atoms with Crippen molar-refractivity contribution in [2.24, 2.45) is 0 Å². The van der Waals surface area contributed by atoms with Crippen LogP contribution >= 0.6 is 11.8 Å². The summed E-state index contributed by atoms with van der Waals surface area (Å²) < 4.78 is 0. The van der Waals surface area contributed by atoms with Crippen LogP contribution in [0.15, 0.2) is 11.4 Å². The smallest absolute Gasteiger partial charge is 0.133 e. The summed E-state index contributed by atoms with van der Waals surface area (Å²) in [4.78, 5) is 8.54. The molecule has 90 valence electrons. The fourth-order valence-corrected chi connectivity index (χ4v) is 2.40. The third kappa shape index (κ3) is 3.64. The van der Waals surface area contributed by atoms with Gasteiger partial charge in [-0.15, -0.1) is 11.8 Å². The molecule has 2 N–H and O–H groups in total. The molecule has 0 atom stereocenters. The maximum atomic E-state index is 8.75. The Labute approximate surface area is 101 Å². The van der Waals surface area contributed by atoms with Crippen molar-refractivity contribution in [2.75, 3.05) is 24.2 Å². The van der Waals surface area contributed by atoms with Crippen LogP contribution < -0.4 is 5.32 Å². The zero-order valence-electron chi connectivity index (χ0n) is 9.86. The van der Waals surface area contributed by atoms with Crippen molar-refractivity contribution in [1.29, 1.82) is 0 Å². The van der Waals surface area contributed by atoms with Crippen molar-refractivity contribution in [3.05, 3.63) is 11.9 Å². The van der Waals surface area contributed by atoms with Gasteiger partial charge in [-0.1, -0.05) is 6.92 Å². The van der Waals surface area contributed by atoms with Gasteiger partial charge in [0.25, 0.3) is 0 Å². The van der Waals surface area contributed by atoms with Gasteiger partial charge in [-0.2, -0.15) is 0 Å². The van der Waals surface area contributed by atoms with Crippen molar-refractivity contribution in [3.8, 4) is 0 Å². The molecule has 1 aromatic rings. The van der Waals surface area contributed by atoms with E-state index in [1.54, 1.807) is 18.1 Å². The molecular formula is C11H19N3OS. The van der Waals surface area contributed by atoms with Crippen LogP contribution in [0.3, 0.4) is 0 Å². The number of nitrogens with one attached hydrogen (secondary N) is 1. The number of hydrogen-bond acceptors (Lipinski definition) is 5. The van der Waals surface area contributed by atoms with E-state index >= 15 is 0 Å². The first kappa shape index (κ1) is 13.3. The molecule has 0 spiro atoms. The van der Waals surface area contributed by atoms with E-state index < -0.39 is 0 Å². The molecular weight excluding hydrogens is 222 g/mol. The van der Waals surface area contributed by atoms with E-state index in [0.717, 1.165) is 36.0 Å². The Bertz CT molecular complexity index is 320. The fourth-order valence-electron chi connectivity index (χ4n) is 1.39. The number of rotatable bonds is 7. The number of aliphatic hydroxyl groups is 1. The monoisotopic (exact) mass is 241 g/mol. The molecule has 5 heteroatoms. The molecule has 0 saturated carbocycles. The van der Waals surface area contributed by atoms with Crippen LogP contribution in [-0.2, 0) is 6.42 Å². The van der Waals surface area contributed by atoms with Crippen molar-refractivity contribution < 1.29 is 5.11 Å². The van der Waals surface area contributed by atoms with E-state index in [2.05, 4.69) is 29.1 Å². The van der Waals surface area contributed by atoms with Crippen LogP contribution in [0.4, 0.5) is 5.82 Å². The predicted octanol–water partition coefficient (Wildman–Crippen LogP) is 1.95. The highest BCUT2D eigenvalue weighted by molar-refractivity contribution is 7.99. The van der Waals surface area contributed by atoms with Crippen molar-refractivity contribution in [3.63, 3.8) is 0 Å². The number of aliphatic hydroxyl groups excluding tert-OH is 1. The Hall–Kier alpha value is -0.810. The van der Waals surface area contributed by atoms with Crippen LogP contribution in [0.25, 0.3) is 0 Å². The standard InChI is InChI=1S/C11H19N3OS/c1-3-9-10(12-4-2)13-8-14-11(9)16-7-5-6-15/h8,15H,3-7H2,1-2H3,(H,12,13,14). The highest BCUT2D eigenvalue weighted by Crippen LogP contribution is 2.25. The van der Waals surface area contributed by atoms with E-state index in [0.29, 0.717) is 0 Å². The van der Waals surface area contributed by atoms with Crippen molar-refractivity contribution >= 4 is 17.6 Å². The Morgan fingerprint density at radius 1 is 1.38 bits per heavy atom. The summed E-state index contributed by atoms with van der Waals surface area (Å²) in [6.45, 7) is 5.26. The van der Waals surface area contributed by atoms with Crippen LogP contribution in [0, 0.1) is 0 Å². The van der Waals surface area contributed by atoms with Gasteiger partial charge in [-0.3, -0.25) is 0 Å². The van der Waals surface area contributed by atoms with Gasteiger partial charge in [0.05, 0.1) is 0 Å². The maximum Gasteiger partial charge on any atom is 0.133 e. The predicted molar refractivity (Wildman–Crippen MR) is 68.0 cm³/mol. The number of thioether (sulfide) groups is 1. The highest BCUT2D eigenvalue weighted by atomic mass is 32.2. The molecule has 0 fully saturated rings. The minimum absolute atomic E-state index is 0.236. The quantitative estimate of drug-likeness (QED) is 0.434.